The maximum atomic E-state index is 12.9. The highest BCUT2D eigenvalue weighted by Crippen LogP contribution is 2.37. The molecule has 7 nitrogen and oxygen atoms in total. The van der Waals surface area contributed by atoms with E-state index in [-0.39, 0.29) is 11.8 Å². The van der Waals surface area contributed by atoms with E-state index < -0.39 is 0 Å². The van der Waals surface area contributed by atoms with Crippen molar-refractivity contribution in [2.45, 2.75) is 20.3 Å². The van der Waals surface area contributed by atoms with Crippen LogP contribution in [0.1, 0.15) is 40.1 Å². The summed E-state index contributed by atoms with van der Waals surface area (Å²) in [6.07, 6.45) is 3.62. The van der Waals surface area contributed by atoms with Gasteiger partial charge in [-0.25, -0.2) is 0 Å². The molecule has 0 radical (unpaired) electrons. The van der Waals surface area contributed by atoms with Crippen molar-refractivity contribution in [1.82, 2.24) is 0 Å². The van der Waals surface area contributed by atoms with Crippen LogP contribution >= 0.6 is 11.6 Å². The molecule has 172 valence electrons. The number of methoxy groups -OCH3 is 1. The molecule has 0 aliphatic carbocycles. The maximum Gasteiger partial charge on any atom is 0.261 e. The van der Waals surface area contributed by atoms with Crippen LogP contribution in [0.3, 0.4) is 0 Å². The Morgan fingerprint density at radius 1 is 1.18 bits per heavy atom. The number of rotatable bonds is 7. The molecule has 8 heteroatoms. The average molecular weight is 469 g/mol. The molecule has 1 N–H and O–H groups in total. The van der Waals surface area contributed by atoms with Crippen LogP contribution in [-0.4, -0.2) is 32.1 Å². The number of carbonyl (C=O) groups is 2. The molecular formula is C25H25ClN2O5. The smallest absolute Gasteiger partial charge is 0.261 e. The van der Waals surface area contributed by atoms with Crippen molar-refractivity contribution < 1.29 is 23.5 Å². The van der Waals surface area contributed by atoms with Gasteiger partial charge in [0.15, 0.2) is 11.5 Å². The summed E-state index contributed by atoms with van der Waals surface area (Å²) in [6.45, 7) is 5.12. The van der Waals surface area contributed by atoms with Gasteiger partial charge in [-0.05, 0) is 54.3 Å². The Balaban J connectivity index is 1.50. The summed E-state index contributed by atoms with van der Waals surface area (Å²) >= 11 is 6.38. The molecule has 2 heterocycles. The SMILES string of the molecule is COc1cc(C(=O)Nc2ccc3c(c2)CCN3C(=O)c2ccoc2)cc(Cl)c1OCC(C)C. The second kappa shape index (κ2) is 9.58. The number of fused-ring (bicyclic) bond motifs is 1. The Bertz CT molecular complexity index is 1170. The fraction of sp³-hybridized carbons (Fsp3) is 0.280. The molecular weight excluding hydrogens is 444 g/mol. The highest BCUT2D eigenvalue weighted by molar-refractivity contribution is 6.32. The van der Waals surface area contributed by atoms with E-state index in [1.165, 1.54) is 19.6 Å². The van der Waals surface area contributed by atoms with E-state index >= 15 is 0 Å². The van der Waals surface area contributed by atoms with Crippen LogP contribution in [0.2, 0.25) is 5.02 Å². The molecule has 0 bridgehead atoms. The molecule has 0 unspecified atom stereocenters. The Hall–Kier alpha value is -3.45. The number of benzene rings is 2. The fourth-order valence-corrected chi connectivity index (χ4v) is 3.94. The average Bonchev–Trinajstić information content (AvgIpc) is 3.47. The second-order valence-electron chi connectivity index (χ2n) is 8.21. The minimum absolute atomic E-state index is 0.110. The molecule has 2 aromatic carbocycles. The largest absolute Gasteiger partial charge is 0.493 e. The summed E-state index contributed by atoms with van der Waals surface area (Å²) in [5, 5.41) is 3.20. The van der Waals surface area contributed by atoms with Crippen LogP contribution in [-0.2, 0) is 6.42 Å². The van der Waals surface area contributed by atoms with Crippen LogP contribution in [0.4, 0.5) is 11.4 Å². The standard InChI is InChI=1S/C25H25ClN2O5/c1-15(2)13-33-23-20(26)11-18(12-22(23)31-3)24(29)27-19-4-5-21-16(10-19)6-8-28(21)25(30)17-7-9-32-14-17/h4-5,7,9-12,14-15H,6,8,13H2,1-3H3,(H,27,29). The lowest BCUT2D eigenvalue weighted by Gasteiger charge is -2.17. The van der Waals surface area contributed by atoms with Crippen molar-refractivity contribution in [2.24, 2.45) is 5.92 Å². The van der Waals surface area contributed by atoms with Crippen LogP contribution in [0.5, 0.6) is 11.5 Å². The van der Waals surface area contributed by atoms with Crippen molar-refractivity contribution >= 4 is 34.8 Å². The third kappa shape index (κ3) is 4.83. The predicted octanol–water partition coefficient (Wildman–Crippen LogP) is 5.43. The summed E-state index contributed by atoms with van der Waals surface area (Å²) < 4.78 is 16.2. The predicted molar refractivity (Wildman–Crippen MR) is 127 cm³/mol. The van der Waals surface area contributed by atoms with Crippen molar-refractivity contribution in [1.29, 1.82) is 0 Å². The number of ether oxygens (including phenoxy) is 2. The molecule has 3 aromatic rings. The Morgan fingerprint density at radius 2 is 2.00 bits per heavy atom. The lowest BCUT2D eigenvalue weighted by Crippen LogP contribution is -2.28. The molecule has 1 aromatic heterocycles. The van der Waals surface area contributed by atoms with Gasteiger partial charge in [0.2, 0.25) is 0 Å². The number of nitrogens with one attached hydrogen (secondary N) is 1. The topological polar surface area (TPSA) is 81.0 Å². The summed E-state index contributed by atoms with van der Waals surface area (Å²) in [7, 11) is 1.51. The van der Waals surface area contributed by atoms with Gasteiger partial charge in [0.25, 0.3) is 11.8 Å². The third-order valence-corrected chi connectivity index (χ3v) is 5.58. The van der Waals surface area contributed by atoms with E-state index in [1.54, 1.807) is 29.2 Å². The monoisotopic (exact) mass is 468 g/mol. The van der Waals surface area contributed by atoms with Gasteiger partial charge in [0.05, 0.1) is 30.6 Å². The van der Waals surface area contributed by atoms with Gasteiger partial charge < -0.3 is 24.1 Å². The maximum absolute atomic E-state index is 12.9. The molecule has 0 fully saturated rings. The van der Waals surface area contributed by atoms with Crippen LogP contribution < -0.4 is 19.7 Å². The molecule has 0 atom stereocenters. The fourth-order valence-electron chi connectivity index (χ4n) is 3.68. The van der Waals surface area contributed by atoms with Crippen molar-refractivity contribution in [3.8, 4) is 11.5 Å². The van der Waals surface area contributed by atoms with E-state index in [1.807, 2.05) is 26.0 Å². The first-order valence-corrected chi connectivity index (χ1v) is 11.0. The number of hydrogen-bond donors (Lipinski definition) is 1. The van der Waals surface area contributed by atoms with Gasteiger partial charge in [-0.1, -0.05) is 25.4 Å². The van der Waals surface area contributed by atoms with Crippen molar-refractivity contribution in [3.63, 3.8) is 0 Å². The zero-order valence-electron chi connectivity index (χ0n) is 18.7. The Morgan fingerprint density at radius 3 is 2.70 bits per heavy atom. The molecule has 0 spiro atoms. The minimum atomic E-state index is -0.324. The summed E-state index contributed by atoms with van der Waals surface area (Å²) in [5.41, 5.74) is 3.30. The second-order valence-corrected chi connectivity index (χ2v) is 8.62. The molecule has 1 aliphatic rings. The zero-order chi connectivity index (χ0) is 23.5. The Labute approximate surface area is 197 Å². The van der Waals surface area contributed by atoms with E-state index in [0.29, 0.717) is 58.8 Å². The normalized spacial score (nSPS) is 12.6. The summed E-state index contributed by atoms with van der Waals surface area (Å²) in [4.78, 5) is 27.3. The summed E-state index contributed by atoms with van der Waals surface area (Å²) in [6, 6.07) is 10.3. The third-order valence-electron chi connectivity index (χ3n) is 5.30. The van der Waals surface area contributed by atoms with Crippen LogP contribution in [0.25, 0.3) is 0 Å². The van der Waals surface area contributed by atoms with Gasteiger partial charge >= 0.3 is 0 Å². The Kier molecular flexibility index (Phi) is 6.60. The van der Waals surface area contributed by atoms with Gasteiger partial charge in [-0.15, -0.1) is 0 Å². The van der Waals surface area contributed by atoms with E-state index in [4.69, 9.17) is 25.5 Å². The van der Waals surface area contributed by atoms with Gasteiger partial charge in [0.1, 0.15) is 6.26 Å². The minimum Gasteiger partial charge on any atom is -0.493 e. The molecule has 2 amide bonds. The van der Waals surface area contributed by atoms with E-state index in [0.717, 1.165) is 11.3 Å². The summed E-state index contributed by atoms with van der Waals surface area (Å²) in [5.74, 6) is 0.704. The number of amides is 2. The zero-order valence-corrected chi connectivity index (χ0v) is 19.4. The van der Waals surface area contributed by atoms with Crippen LogP contribution in [0.15, 0.2) is 53.3 Å². The first kappa shape index (κ1) is 22.7. The molecule has 33 heavy (non-hydrogen) atoms. The highest BCUT2D eigenvalue weighted by atomic mass is 35.5. The van der Waals surface area contributed by atoms with E-state index in [9.17, 15) is 9.59 Å². The molecule has 1 aliphatic heterocycles. The molecule has 0 saturated heterocycles. The molecule has 0 saturated carbocycles. The van der Waals surface area contributed by atoms with Gasteiger partial charge in [-0.3, -0.25) is 9.59 Å². The highest BCUT2D eigenvalue weighted by Gasteiger charge is 2.26. The van der Waals surface area contributed by atoms with Crippen molar-refractivity contribution in [2.75, 3.05) is 30.5 Å². The first-order chi connectivity index (χ1) is 15.9. The lowest BCUT2D eigenvalue weighted by molar-refractivity contribution is 0.0987. The van der Waals surface area contributed by atoms with Gasteiger partial charge in [0, 0.05) is 23.5 Å². The quantitative estimate of drug-likeness (QED) is 0.500. The van der Waals surface area contributed by atoms with E-state index in [2.05, 4.69) is 5.32 Å². The first-order valence-electron chi connectivity index (χ1n) is 10.7. The van der Waals surface area contributed by atoms with Gasteiger partial charge in [-0.2, -0.15) is 0 Å². The number of anilines is 2. The number of halogens is 1. The lowest BCUT2D eigenvalue weighted by atomic mass is 10.1. The number of furan rings is 1. The van der Waals surface area contributed by atoms with Crippen LogP contribution in [0, 0.1) is 5.92 Å². The number of nitrogens with zero attached hydrogens (tertiary/aromatic N) is 1. The van der Waals surface area contributed by atoms with Crippen molar-refractivity contribution in [3.05, 3.63) is 70.6 Å². The number of carbonyl (C=O) groups excluding carboxylic acids is 2. The molecule has 4 rings (SSSR count). The number of hydrogen-bond acceptors (Lipinski definition) is 5.